The number of nitrogens with zero attached hydrogens (tertiary/aromatic N) is 2. The Morgan fingerprint density at radius 2 is 2.00 bits per heavy atom. The molecule has 0 spiro atoms. The number of imidazole rings is 1. The summed E-state index contributed by atoms with van der Waals surface area (Å²) < 4.78 is 7.43. The molecule has 0 amide bonds. The monoisotopic (exact) mass is 273 g/mol. The molecule has 1 aromatic carbocycles. The fraction of sp³-hybridized carbons (Fsp3) is 0.438. The van der Waals surface area contributed by atoms with Crippen LogP contribution in [-0.2, 0) is 4.74 Å². The van der Waals surface area contributed by atoms with Crippen molar-refractivity contribution in [2.45, 2.75) is 32.9 Å². The van der Waals surface area contributed by atoms with Crippen LogP contribution in [0.15, 0.2) is 43.0 Å². The van der Waals surface area contributed by atoms with Crippen molar-refractivity contribution in [3.63, 3.8) is 0 Å². The van der Waals surface area contributed by atoms with E-state index in [0.29, 0.717) is 12.1 Å². The van der Waals surface area contributed by atoms with E-state index in [2.05, 4.69) is 48.4 Å². The maximum atomic E-state index is 5.43. The van der Waals surface area contributed by atoms with Gasteiger partial charge in [0, 0.05) is 36.8 Å². The second-order valence-electron chi connectivity index (χ2n) is 5.01. The molecule has 4 heteroatoms. The van der Waals surface area contributed by atoms with Crippen molar-refractivity contribution in [1.29, 1.82) is 0 Å². The van der Waals surface area contributed by atoms with E-state index in [9.17, 15) is 0 Å². The highest BCUT2D eigenvalue weighted by molar-refractivity contribution is 5.35. The minimum atomic E-state index is 0.308. The summed E-state index contributed by atoms with van der Waals surface area (Å²) in [6.07, 6.45) is 5.54. The van der Waals surface area contributed by atoms with Crippen LogP contribution in [0.4, 0.5) is 0 Å². The van der Waals surface area contributed by atoms with Gasteiger partial charge >= 0.3 is 0 Å². The Morgan fingerprint density at radius 3 is 2.60 bits per heavy atom. The number of ether oxygens (including phenoxy) is 1. The van der Waals surface area contributed by atoms with Gasteiger partial charge in [0.2, 0.25) is 0 Å². The standard InChI is InChI=1S/C16H23N3O/c1-4-20-11-13(2)18-14(3)15-5-7-16(8-6-15)19-10-9-17-12-19/h5-10,12-14,18H,4,11H2,1-3H3. The number of rotatable bonds is 7. The van der Waals surface area contributed by atoms with E-state index >= 15 is 0 Å². The average Bonchev–Trinajstić information content (AvgIpc) is 2.99. The van der Waals surface area contributed by atoms with Crippen molar-refractivity contribution in [2.24, 2.45) is 0 Å². The van der Waals surface area contributed by atoms with Crippen LogP contribution in [0, 0.1) is 0 Å². The van der Waals surface area contributed by atoms with Crippen LogP contribution in [-0.4, -0.2) is 28.8 Å². The zero-order chi connectivity index (χ0) is 14.4. The van der Waals surface area contributed by atoms with E-state index in [1.165, 1.54) is 5.56 Å². The maximum Gasteiger partial charge on any atom is 0.0991 e. The van der Waals surface area contributed by atoms with Gasteiger partial charge in [-0.2, -0.15) is 0 Å². The highest BCUT2D eigenvalue weighted by Gasteiger charge is 2.09. The minimum Gasteiger partial charge on any atom is -0.380 e. The first-order valence-electron chi connectivity index (χ1n) is 7.12. The second-order valence-corrected chi connectivity index (χ2v) is 5.01. The molecule has 0 radical (unpaired) electrons. The lowest BCUT2D eigenvalue weighted by atomic mass is 10.1. The molecule has 0 aliphatic rings. The summed E-state index contributed by atoms with van der Waals surface area (Å²) in [5, 5.41) is 3.54. The summed E-state index contributed by atoms with van der Waals surface area (Å²) in [4.78, 5) is 4.06. The van der Waals surface area contributed by atoms with Gasteiger partial charge in [-0.25, -0.2) is 4.98 Å². The van der Waals surface area contributed by atoms with Crippen molar-refractivity contribution >= 4 is 0 Å². The summed E-state index contributed by atoms with van der Waals surface area (Å²) in [5.74, 6) is 0. The summed E-state index contributed by atoms with van der Waals surface area (Å²) in [6.45, 7) is 7.85. The van der Waals surface area contributed by atoms with Crippen LogP contribution >= 0.6 is 0 Å². The van der Waals surface area contributed by atoms with Gasteiger partial charge in [0.1, 0.15) is 0 Å². The van der Waals surface area contributed by atoms with Crippen molar-refractivity contribution in [3.8, 4) is 5.69 Å². The molecule has 0 saturated heterocycles. The van der Waals surface area contributed by atoms with Gasteiger partial charge in [0.25, 0.3) is 0 Å². The van der Waals surface area contributed by atoms with Crippen LogP contribution in [0.3, 0.4) is 0 Å². The highest BCUT2D eigenvalue weighted by atomic mass is 16.5. The molecule has 2 atom stereocenters. The summed E-state index contributed by atoms with van der Waals surface area (Å²) >= 11 is 0. The van der Waals surface area contributed by atoms with Crippen LogP contribution in [0.2, 0.25) is 0 Å². The van der Waals surface area contributed by atoms with Gasteiger partial charge in [-0.1, -0.05) is 12.1 Å². The maximum absolute atomic E-state index is 5.43. The largest absolute Gasteiger partial charge is 0.380 e. The van der Waals surface area contributed by atoms with Crippen molar-refractivity contribution in [3.05, 3.63) is 48.5 Å². The topological polar surface area (TPSA) is 39.1 Å². The molecule has 0 aliphatic heterocycles. The molecule has 1 N–H and O–H groups in total. The minimum absolute atomic E-state index is 0.308. The van der Waals surface area contributed by atoms with Crippen LogP contribution in [0.5, 0.6) is 0 Å². The predicted octanol–water partition coefficient (Wildman–Crippen LogP) is 2.95. The van der Waals surface area contributed by atoms with Crippen molar-refractivity contribution in [1.82, 2.24) is 14.9 Å². The third-order valence-electron chi connectivity index (χ3n) is 3.30. The third kappa shape index (κ3) is 3.92. The summed E-state index contributed by atoms with van der Waals surface area (Å²) in [6, 6.07) is 9.19. The Morgan fingerprint density at radius 1 is 1.25 bits per heavy atom. The van der Waals surface area contributed by atoms with Crippen LogP contribution in [0.1, 0.15) is 32.4 Å². The number of hydrogen-bond acceptors (Lipinski definition) is 3. The molecule has 0 aliphatic carbocycles. The summed E-state index contributed by atoms with van der Waals surface area (Å²) in [7, 11) is 0. The van der Waals surface area contributed by atoms with E-state index in [4.69, 9.17) is 4.74 Å². The van der Waals surface area contributed by atoms with Crippen molar-refractivity contribution in [2.75, 3.05) is 13.2 Å². The first kappa shape index (κ1) is 14.8. The van der Waals surface area contributed by atoms with Gasteiger partial charge in [-0.05, 0) is 38.5 Å². The zero-order valence-electron chi connectivity index (χ0n) is 12.4. The van der Waals surface area contributed by atoms with Gasteiger partial charge in [-0.15, -0.1) is 0 Å². The Hall–Kier alpha value is -1.65. The van der Waals surface area contributed by atoms with E-state index in [1.807, 2.05) is 17.7 Å². The number of nitrogens with one attached hydrogen (secondary N) is 1. The average molecular weight is 273 g/mol. The molecule has 108 valence electrons. The fourth-order valence-corrected chi connectivity index (χ4v) is 2.21. The molecule has 4 nitrogen and oxygen atoms in total. The molecule has 0 saturated carbocycles. The number of aromatic nitrogens is 2. The second kappa shape index (κ2) is 7.22. The molecule has 0 bridgehead atoms. The molecule has 0 fully saturated rings. The lowest BCUT2D eigenvalue weighted by molar-refractivity contribution is 0.124. The number of benzene rings is 1. The summed E-state index contributed by atoms with van der Waals surface area (Å²) in [5.41, 5.74) is 2.40. The van der Waals surface area contributed by atoms with E-state index in [-0.39, 0.29) is 0 Å². The predicted molar refractivity (Wildman–Crippen MR) is 81.1 cm³/mol. The first-order chi connectivity index (χ1) is 9.70. The Kier molecular flexibility index (Phi) is 5.32. The van der Waals surface area contributed by atoms with E-state index in [0.717, 1.165) is 18.9 Å². The first-order valence-corrected chi connectivity index (χ1v) is 7.12. The lowest BCUT2D eigenvalue weighted by Crippen LogP contribution is -2.32. The quantitative estimate of drug-likeness (QED) is 0.843. The Bertz CT molecular complexity index is 493. The molecule has 1 heterocycles. The molecule has 1 aromatic heterocycles. The third-order valence-corrected chi connectivity index (χ3v) is 3.30. The van der Waals surface area contributed by atoms with Crippen LogP contribution < -0.4 is 5.32 Å². The molecular weight excluding hydrogens is 250 g/mol. The Labute approximate surface area is 120 Å². The van der Waals surface area contributed by atoms with Crippen molar-refractivity contribution < 1.29 is 4.74 Å². The van der Waals surface area contributed by atoms with Crippen LogP contribution in [0.25, 0.3) is 5.69 Å². The SMILES string of the molecule is CCOCC(C)NC(C)c1ccc(-n2ccnc2)cc1. The molecule has 2 aromatic rings. The zero-order valence-corrected chi connectivity index (χ0v) is 12.4. The Balaban J connectivity index is 1.95. The highest BCUT2D eigenvalue weighted by Crippen LogP contribution is 2.16. The van der Waals surface area contributed by atoms with Gasteiger partial charge < -0.3 is 14.6 Å². The molecule has 20 heavy (non-hydrogen) atoms. The molecular formula is C16H23N3O. The van der Waals surface area contributed by atoms with Gasteiger partial charge in [0.05, 0.1) is 12.9 Å². The number of hydrogen-bond donors (Lipinski definition) is 1. The lowest BCUT2D eigenvalue weighted by Gasteiger charge is -2.20. The van der Waals surface area contributed by atoms with Gasteiger partial charge in [-0.3, -0.25) is 0 Å². The van der Waals surface area contributed by atoms with E-state index in [1.54, 1.807) is 12.5 Å². The molecule has 2 rings (SSSR count). The molecule has 2 unspecified atom stereocenters. The smallest absolute Gasteiger partial charge is 0.0991 e. The fourth-order valence-electron chi connectivity index (χ4n) is 2.21. The van der Waals surface area contributed by atoms with Gasteiger partial charge in [0.15, 0.2) is 0 Å². The normalized spacial score (nSPS) is 14.2. The van der Waals surface area contributed by atoms with E-state index < -0.39 is 0 Å².